The molecule has 1 aliphatic rings. The molecule has 0 N–H and O–H groups in total. The van der Waals surface area contributed by atoms with Crippen LogP contribution >= 0.6 is 0 Å². The van der Waals surface area contributed by atoms with Gasteiger partial charge in [0.1, 0.15) is 24.0 Å². The molecule has 2 aromatic carbocycles. The van der Waals surface area contributed by atoms with Crippen molar-refractivity contribution in [2.75, 3.05) is 26.2 Å². The number of carbonyl (C=O) groups excluding carboxylic acids is 1. The summed E-state index contributed by atoms with van der Waals surface area (Å²) in [6.45, 7) is 3.83. The van der Waals surface area contributed by atoms with Gasteiger partial charge in [-0.1, -0.05) is 18.2 Å². The van der Waals surface area contributed by atoms with E-state index in [4.69, 9.17) is 4.74 Å². The highest BCUT2D eigenvalue weighted by Gasteiger charge is 2.21. The fourth-order valence-electron chi connectivity index (χ4n) is 3.80. The summed E-state index contributed by atoms with van der Waals surface area (Å²) in [5.74, 6) is -0.454. The lowest BCUT2D eigenvalue weighted by Crippen LogP contribution is -2.48. The van der Waals surface area contributed by atoms with Crippen LogP contribution in [0, 0.1) is 11.6 Å². The van der Waals surface area contributed by atoms with Crippen molar-refractivity contribution in [3.05, 3.63) is 95.3 Å². The van der Waals surface area contributed by atoms with Crippen molar-refractivity contribution in [1.82, 2.24) is 14.8 Å². The van der Waals surface area contributed by atoms with Crippen LogP contribution in [0.3, 0.4) is 0 Å². The average molecular weight is 437 g/mol. The molecule has 1 aliphatic heterocycles. The first-order chi connectivity index (χ1) is 15.5. The van der Waals surface area contributed by atoms with Crippen molar-refractivity contribution in [3.63, 3.8) is 0 Å². The van der Waals surface area contributed by atoms with Gasteiger partial charge in [-0.15, -0.1) is 0 Å². The van der Waals surface area contributed by atoms with Gasteiger partial charge < -0.3 is 9.64 Å². The number of ether oxygens (including phenoxy) is 1. The minimum Gasteiger partial charge on any atom is -0.489 e. The second-order valence-corrected chi connectivity index (χ2v) is 7.91. The summed E-state index contributed by atoms with van der Waals surface area (Å²) >= 11 is 0. The zero-order valence-corrected chi connectivity index (χ0v) is 17.7. The molecule has 1 aromatic heterocycles. The van der Waals surface area contributed by atoms with Gasteiger partial charge in [0.2, 0.25) is 5.91 Å². The number of pyridine rings is 1. The maximum atomic E-state index is 13.3. The monoisotopic (exact) mass is 437 g/mol. The predicted octanol–water partition coefficient (Wildman–Crippen LogP) is 3.83. The number of benzene rings is 2. The van der Waals surface area contributed by atoms with Crippen LogP contribution in [0.15, 0.2) is 67.0 Å². The van der Waals surface area contributed by atoms with Gasteiger partial charge in [-0.2, -0.15) is 0 Å². The molecule has 0 bridgehead atoms. The third-order valence-corrected chi connectivity index (χ3v) is 5.44. The first kappa shape index (κ1) is 21.9. The molecule has 0 aliphatic carbocycles. The van der Waals surface area contributed by atoms with E-state index in [2.05, 4.69) is 9.88 Å². The van der Waals surface area contributed by atoms with Crippen molar-refractivity contribution in [3.8, 4) is 5.75 Å². The lowest BCUT2D eigenvalue weighted by molar-refractivity contribution is -0.132. The van der Waals surface area contributed by atoms with Crippen molar-refractivity contribution in [2.24, 2.45) is 0 Å². The summed E-state index contributed by atoms with van der Waals surface area (Å²) in [5.41, 5.74) is 2.46. The lowest BCUT2D eigenvalue weighted by Gasteiger charge is -2.34. The van der Waals surface area contributed by atoms with Crippen LogP contribution in [0.2, 0.25) is 0 Å². The van der Waals surface area contributed by atoms with Gasteiger partial charge in [0.15, 0.2) is 0 Å². The summed E-state index contributed by atoms with van der Waals surface area (Å²) in [4.78, 5) is 20.8. The summed E-state index contributed by atoms with van der Waals surface area (Å²) in [6, 6.07) is 14.8. The maximum Gasteiger partial charge on any atom is 0.227 e. The van der Waals surface area contributed by atoms with E-state index >= 15 is 0 Å². The van der Waals surface area contributed by atoms with Crippen LogP contribution in [-0.4, -0.2) is 46.9 Å². The van der Waals surface area contributed by atoms with Gasteiger partial charge in [0.25, 0.3) is 0 Å². The maximum absolute atomic E-state index is 13.3. The van der Waals surface area contributed by atoms with Gasteiger partial charge >= 0.3 is 0 Å². The molecule has 0 atom stereocenters. The standard InChI is InChI=1S/C25H25F2N3O2/c26-22-11-21(12-23(27)15-22)18-32-24-5-1-3-20(13-24)17-29-7-9-30(10-8-29)25(31)14-19-4-2-6-28-16-19/h1-6,11-13,15-16H,7-10,14,17-18H2. The van der Waals surface area contributed by atoms with E-state index in [0.717, 1.165) is 36.8 Å². The number of hydrogen-bond donors (Lipinski definition) is 0. The summed E-state index contributed by atoms with van der Waals surface area (Å²) in [6.07, 6.45) is 3.81. The van der Waals surface area contributed by atoms with Crippen LogP contribution in [0.25, 0.3) is 0 Å². The summed E-state index contributed by atoms with van der Waals surface area (Å²) in [7, 11) is 0. The van der Waals surface area contributed by atoms with E-state index in [0.29, 0.717) is 30.8 Å². The highest BCUT2D eigenvalue weighted by molar-refractivity contribution is 5.78. The normalized spacial score (nSPS) is 14.4. The molecule has 7 heteroatoms. The Balaban J connectivity index is 1.26. The average Bonchev–Trinajstić information content (AvgIpc) is 2.78. The van der Waals surface area contributed by atoms with Gasteiger partial charge in [0.05, 0.1) is 6.42 Å². The Kier molecular flexibility index (Phi) is 7.07. The molecule has 0 unspecified atom stereocenters. The zero-order valence-electron chi connectivity index (χ0n) is 17.7. The van der Waals surface area contributed by atoms with Crippen molar-refractivity contribution in [2.45, 2.75) is 19.6 Å². The number of amides is 1. The topological polar surface area (TPSA) is 45.7 Å². The Labute approximate surface area is 186 Å². The fourth-order valence-corrected chi connectivity index (χ4v) is 3.80. The van der Waals surface area contributed by atoms with Crippen LogP contribution in [0.5, 0.6) is 5.75 Å². The van der Waals surface area contributed by atoms with Crippen LogP contribution in [0.1, 0.15) is 16.7 Å². The first-order valence-electron chi connectivity index (χ1n) is 10.6. The fraction of sp³-hybridized carbons (Fsp3) is 0.280. The molecule has 0 saturated carbocycles. The molecular formula is C25H25F2N3O2. The van der Waals surface area contributed by atoms with Crippen molar-refractivity contribution < 1.29 is 18.3 Å². The Morgan fingerprint density at radius 1 is 0.906 bits per heavy atom. The van der Waals surface area contributed by atoms with E-state index < -0.39 is 11.6 Å². The van der Waals surface area contributed by atoms with Crippen LogP contribution in [0.4, 0.5) is 8.78 Å². The number of rotatable bonds is 7. The van der Waals surface area contributed by atoms with Gasteiger partial charge in [-0.05, 0) is 47.0 Å². The summed E-state index contributed by atoms with van der Waals surface area (Å²) in [5, 5.41) is 0. The smallest absolute Gasteiger partial charge is 0.227 e. The number of carbonyl (C=O) groups is 1. The second-order valence-electron chi connectivity index (χ2n) is 7.91. The molecule has 1 fully saturated rings. The van der Waals surface area contributed by atoms with E-state index in [-0.39, 0.29) is 12.5 Å². The molecule has 32 heavy (non-hydrogen) atoms. The highest BCUT2D eigenvalue weighted by Crippen LogP contribution is 2.18. The van der Waals surface area contributed by atoms with Gasteiger partial charge in [-0.25, -0.2) is 8.78 Å². The van der Waals surface area contributed by atoms with Crippen LogP contribution < -0.4 is 4.74 Å². The molecule has 4 rings (SSSR count). The second kappa shape index (κ2) is 10.3. The van der Waals surface area contributed by atoms with E-state index in [9.17, 15) is 13.6 Å². The number of hydrogen-bond acceptors (Lipinski definition) is 4. The molecule has 1 saturated heterocycles. The number of piperazine rings is 1. The number of aromatic nitrogens is 1. The Morgan fingerprint density at radius 2 is 1.66 bits per heavy atom. The van der Waals surface area contributed by atoms with Crippen molar-refractivity contribution >= 4 is 5.91 Å². The third-order valence-electron chi connectivity index (χ3n) is 5.44. The van der Waals surface area contributed by atoms with Gasteiger partial charge in [0, 0.05) is 51.2 Å². The number of halogens is 2. The molecular weight excluding hydrogens is 412 g/mol. The van der Waals surface area contributed by atoms with Gasteiger partial charge in [-0.3, -0.25) is 14.7 Å². The molecule has 3 aromatic rings. The lowest BCUT2D eigenvalue weighted by atomic mass is 10.1. The van der Waals surface area contributed by atoms with Crippen molar-refractivity contribution in [1.29, 1.82) is 0 Å². The predicted molar refractivity (Wildman–Crippen MR) is 117 cm³/mol. The Morgan fingerprint density at radius 3 is 2.38 bits per heavy atom. The largest absolute Gasteiger partial charge is 0.489 e. The molecule has 0 radical (unpaired) electrons. The molecule has 0 spiro atoms. The molecule has 1 amide bonds. The minimum absolute atomic E-state index is 0.0931. The highest BCUT2D eigenvalue weighted by atomic mass is 19.1. The zero-order chi connectivity index (χ0) is 22.3. The Hall–Kier alpha value is -3.32. The molecule has 2 heterocycles. The first-order valence-corrected chi connectivity index (χ1v) is 10.6. The number of nitrogens with zero attached hydrogens (tertiary/aromatic N) is 3. The minimum atomic E-state index is -0.615. The summed E-state index contributed by atoms with van der Waals surface area (Å²) < 4.78 is 32.4. The quantitative estimate of drug-likeness (QED) is 0.564. The van der Waals surface area contributed by atoms with E-state index in [1.54, 1.807) is 12.4 Å². The van der Waals surface area contributed by atoms with Crippen LogP contribution in [-0.2, 0) is 24.4 Å². The third kappa shape index (κ3) is 6.11. The molecule has 166 valence electrons. The Bertz CT molecular complexity index is 1030. The SMILES string of the molecule is O=C(Cc1cccnc1)N1CCN(Cc2cccc(OCc3cc(F)cc(F)c3)c2)CC1. The van der Waals surface area contributed by atoms with E-state index in [1.807, 2.05) is 41.3 Å². The molecule has 5 nitrogen and oxygen atoms in total. The van der Waals surface area contributed by atoms with E-state index in [1.165, 1.54) is 12.1 Å².